The molecule has 4 aliphatic rings. The van der Waals surface area contributed by atoms with E-state index < -0.39 is 5.60 Å². The molecule has 3 fully saturated rings. The molecule has 9 atom stereocenters. The van der Waals surface area contributed by atoms with Crippen LogP contribution in [0.5, 0.6) is 0 Å². The van der Waals surface area contributed by atoms with E-state index in [-0.39, 0.29) is 16.9 Å². The van der Waals surface area contributed by atoms with Gasteiger partial charge in [-0.15, -0.1) is 0 Å². The molecule has 4 rings (SSSR count). The van der Waals surface area contributed by atoms with Gasteiger partial charge in [0.15, 0.2) is 0 Å². The zero-order valence-electron chi connectivity index (χ0n) is 16.2. The lowest BCUT2D eigenvalue weighted by molar-refractivity contribution is -0.0876. The van der Waals surface area contributed by atoms with Crippen LogP contribution >= 0.6 is 0 Å². The molecular formula is C22H36O2. The number of hydrogen-bond donors (Lipinski definition) is 2. The Morgan fingerprint density at radius 1 is 1.00 bits per heavy atom. The third kappa shape index (κ3) is 2.08. The van der Waals surface area contributed by atoms with Crippen LogP contribution in [0.25, 0.3) is 0 Å². The second-order valence-corrected chi connectivity index (χ2v) is 10.5. The first-order valence-corrected chi connectivity index (χ1v) is 10.2. The molecule has 24 heavy (non-hydrogen) atoms. The first kappa shape index (κ1) is 17.1. The van der Waals surface area contributed by atoms with Crippen molar-refractivity contribution in [1.82, 2.24) is 0 Å². The summed E-state index contributed by atoms with van der Waals surface area (Å²) in [5, 5.41) is 21.5. The maximum atomic E-state index is 10.9. The quantitative estimate of drug-likeness (QED) is 0.639. The van der Waals surface area contributed by atoms with E-state index in [1.165, 1.54) is 24.8 Å². The number of aliphatic hydroxyl groups excluding tert-OH is 1. The van der Waals surface area contributed by atoms with E-state index >= 15 is 0 Å². The van der Waals surface area contributed by atoms with Gasteiger partial charge in [0.25, 0.3) is 0 Å². The third-order valence-electron chi connectivity index (χ3n) is 9.24. The highest BCUT2D eigenvalue weighted by Gasteiger charge is 2.63. The van der Waals surface area contributed by atoms with Crippen LogP contribution in [0.1, 0.15) is 73.1 Å². The highest BCUT2D eigenvalue weighted by atomic mass is 16.3. The average Bonchev–Trinajstić information content (AvgIpc) is 2.69. The standard InChI is InChI=1S/C22H36O2/c1-13-14(2)19(23)22(5)9-8-17-16(18(13)22)7-6-15-12-20(3,24)10-11-21(15,17)4/h12-14,16-19,23-24H,6-11H2,1-5H3. The van der Waals surface area contributed by atoms with Crippen molar-refractivity contribution in [2.24, 2.45) is 40.4 Å². The molecule has 0 aliphatic heterocycles. The van der Waals surface area contributed by atoms with Gasteiger partial charge < -0.3 is 10.2 Å². The van der Waals surface area contributed by atoms with Crippen LogP contribution in [-0.2, 0) is 0 Å². The molecule has 0 aromatic carbocycles. The maximum absolute atomic E-state index is 10.9. The van der Waals surface area contributed by atoms with Crippen molar-refractivity contribution in [3.63, 3.8) is 0 Å². The monoisotopic (exact) mass is 332 g/mol. The van der Waals surface area contributed by atoms with E-state index in [9.17, 15) is 10.2 Å². The second-order valence-electron chi connectivity index (χ2n) is 10.5. The van der Waals surface area contributed by atoms with Gasteiger partial charge in [0.2, 0.25) is 0 Å². The van der Waals surface area contributed by atoms with E-state index in [1.807, 2.05) is 6.92 Å². The fraction of sp³-hybridized carbons (Fsp3) is 0.909. The van der Waals surface area contributed by atoms with E-state index in [2.05, 4.69) is 33.8 Å². The van der Waals surface area contributed by atoms with E-state index in [0.29, 0.717) is 17.8 Å². The van der Waals surface area contributed by atoms with Crippen molar-refractivity contribution in [2.75, 3.05) is 0 Å². The van der Waals surface area contributed by atoms with Gasteiger partial charge in [-0.25, -0.2) is 0 Å². The Bertz CT molecular complexity index is 564. The van der Waals surface area contributed by atoms with Gasteiger partial charge in [0.1, 0.15) is 0 Å². The lowest BCUT2D eigenvalue weighted by Crippen LogP contribution is -2.52. The molecule has 9 unspecified atom stereocenters. The van der Waals surface area contributed by atoms with Gasteiger partial charge in [-0.2, -0.15) is 0 Å². The molecule has 2 nitrogen and oxygen atoms in total. The molecule has 2 heteroatoms. The molecule has 2 N–H and O–H groups in total. The summed E-state index contributed by atoms with van der Waals surface area (Å²) < 4.78 is 0. The van der Waals surface area contributed by atoms with Crippen molar-refractivity contribution in [3.05, 3.63) is 11.6 Å². The van der Waals surface area contributed by atoms with Gasteiger partial charge >= 0.3 is 0 Å². The molecule has 0 aromatic heterocycles. The fourth-order valence-corrected chi connectivity index (χ4v) is 7.70. The highest BCUT2D eigenvalue weighted by Crippen LogP contribution is 2.67. The Hall–Kier alpha value is -0.340. The summed E-state index contributed by atoms with van der Waals surface area (Å²) in [6.45, 7) is 11.5. The fourth-order valence-electron chi connectivity index (χ4n) is 7.70. The SMILES string of the molecule is CC1C(C)C2C3CCC4=CC(C)(O)CCC4(C)C3CCC2(C)C1O. The largest absolute Gasteiger partial charge is 0.392 e. The Morgan fingerprint density at radius 3 is 2.42 bits per heavy atom. The second kappa shape index (κ2) is 5.10. The van der Waals surface area contributed by atoms with Crippen LogP contribution in [0.4, 0.5) is 0 Å². The van der Waals surface area contributed by atoms with E-state index in [1.54, 1.807) is 0 Å². The van der Waals surface area contributed by atoms with Crippen LogP contribution in [0.15, 0.2) is 11.6 Å². The minimum atomic E-state index is -0.601. The minimum absolute atomic E-state index is 0.123. The Kier molecular flexibility index (Phi) is 3.63. The van der Waals surface area contributed by atoms with Gasteiger partial charge in [-0.1, -0.05) is 39.3 Å². The topological polar surface area (TPSA) is 40.5 Å². The smallest absolute Gasteiger partial charge is 0.0802 e. The number of fused-ring (bicyclic) bond motifs is 5. The lowest BCUT2D eigenvalue weighted by Gasteiger charge is -2.59. The molecule has 136 valence electrons. The summed E-state index contributed by atoms with van der Waals surface area (Å²) >= 11 is 0. The number of hydrogen-bond acceptors (Lipinski definition) is 2. The first-order chi connectivity index (χ1) is 11.1. The molecule has 0 saturated heterocycles. The Balaban J connectivity index is 1.71. The molecule has 0 spiro atoms. The van der Waals surface area contributed by atoms with Crippen molar-refractivity contribution >= 4 is 0 Å². The van der Waals surface area contributed by atoms with Crippen LogP contribution < -0.4 is 0 Å². The Labute approximate surface area is 147 Å². The lowest BCUT2D eigenvalue weighted by atomic mass is 9.46. The maximum Gasteiger partial charge on any atom is 0.0802 e. The summed E-state index contributed by atoms with van der Waals surface area (Å²) in [6, 6.07) is 0. The molecular weight excluding hydrogens is 296 g/mol. The van der Waals surface area contributed by atoms with E-state index in [4.69, 9.17) is 0 Å². The van der Waals surface area contributed by atoms with Crippen LogP contribution in [0, 0.1) is 40.4 Å². The number of rotatable bonds is 0. The summed E-state index contributed by atoms with van der Waals surface area (Å²) in [4.78, 5) is 0. The van der Waals surface area contributed by atoms with Crippen molar-refractivity contribution in [1.29, 1.82) is 0 Å². The molecule has 0 aromatic rings. The summed E-state index contributed by atoms with van der Waals surface area (Å²) in [5.41, 5.74) is 1.33. The zero-order valence-corrected chi connectivity index (χ0v) is 16.2. The van der Waals surface area contributed by atoms with Crippen LogP contribution in [-0.4, -0.2) is 21.9 Å². The van der Waals surface area contributed by atoms with Crippen LogP contribution in [0.3, 0.4) is 0 Å². The first-order valence-electron chi connectivity index (χ1n) is 10.2. The normalized spacial score (nSPS) is 60.0. The van der Waals surface area contributed by atoms with E-state index in [0.717, 1.165) is 31.1 Å². The minimum Gasteiger partial charge on any atom is -0.392 e. The predicted molar refractivity (Wildman–Crippen MR) is 97.4 cm³/mol. The van der Waals surface area contributed by atoms with Crippen molar-refractivity contribution in [3.8, 4) is 0 Å². The van der Waals surface area contributed by atoms with Crippen molar-refractivity contribution in [2.45, 2.75) is 84.8 Å². The van der Waals surface area contributed by atoms with Gasteiger partial charge in [0, 0.05) is 0 Å². The molecule has 0 bridgehead atoms. The third-order valence-corrected chi connectivity index (χ3v) is 9.24. The summed E-state index contributed by atoms with van der Waals surface area (Å²) in [5.74, 6) is 3.21. The van der Waals surface area contributed by atoms with Gasteiger partial charge in [-0.3, -0.25) is 0 Å². The predicted octanol–water partition coefficient (Wildman–Crippen LogP) is 4.55. The average molecular weight is 333 g/mol. The number of aliphatic hydroxyl groups is 2. The van der Waals surface area contributed by atoms with Gasteiger partial charge in [-0.05, 0) is 85.9 Å². The van der Waals surface area contributed by atoms with Crippen molar-refractivity contribution < 1.29 is 10.2 Å². The molecule has 0 heterocycles. The molecule has 3 saturated carbocycles. The highest BCUT2D eigenvalue weighted by molar-refractivity contribution is 5.28. The molecule has 4 aliphatic carbocycles. The summed E-state index contributed by atoms with van der Waals surface area (Å²) in [7, 11) is 0. The van der Waals surface area contributed by atoms with Crippen LogP contribution in [0.2, 0.25) is 0 Å². The number of allylic oxidation sites excluding steroid dienone is 1. The summed E-state index contributed by atoms with van der Waals surface area (Å²) in [6.07, 6.45) is 8.93. The Morgan fingerprint density at radius 2 is 1.71 bits per heavy atom. The zero-order chi connectivity index (χ0) is 17.5. The molecule has 0 radical (unpaired) electrons. The van der Waals surface area contributed by atoms with Gasteiger partial charge in [0.05, 0.1) is 11.7 Å². The molecule has 0 amide bonds.